The van der Waals surface area contributed by atoms with Gasteiger partial charge >= 0.3 is 0 Å². The number of halogens is 3. The molecule has 0 atom stereocenters. The molecule has 0 spiro atoms. The van der Waals surface area contributed by atoms with Crippen molar-refractivity contribution in [2.45, 2.75) is 19.3 Å². The fraction of sp³-hybridized carbons (Fsp3) is 0.111. The van der Waals surface area contributed by atoms with Crippen LogP contribution in [0.15, 0.2) is 72.8 Å². The summed E-state index contributed by atoms with van der Waals surface area (Å²) >= 11 is 12.0. The molecule has 0 aliphatic rings. The van der Waals surface area contributed by atoms with Gasteiger partial charge in [0, 0.05) is 38.4 Å². The number of fused-ring (bicyclic) bond motifs is 2. The van der Waals surface area contributed by atoms with Crippen molar-refractivity contribution in [2.75, 3.05) is 5.32 Å². The van der Waals surface area contributed by atoms with Crippen LogP contribution in [0.2, 0.25) is 10.0 Å². The molecule has 2 heterocycles. The normalized spacial score (nSPS) is 11.3. The summed E-state index contributed by atoms with van der Waals surface area (Å²) in [6.45, 7) is 0. The number of nitrogens with zero attached hydrogens (tertiary/aromatic N) is 1. The highest BCUT2D eigenvalue weighted by Crippen LogP contribution is 2.32. The van der Waals surface area contributed by atoms with Gasteiger partial charge in [-0.25, -0.2) is 9.37 Å². The number of nitrogens with one attached hydrogen (secondary N) is 2. The van der Waals surface area contributed by atoms with E-state index in [0.717, 1.165) is 38.8 Å². The number of aromatic amines is 1. The summed E-state index contributed by atoms with van der Waals surface area (Å²) in [5.74, 6) is -0.448. The van der Waals surface area contributed by atoms with Crippen LogP contribution in [0.3, 0.4) is 0 Å². The van der Waals surface area contributed by atoms with Crippen LogP contribution in [0.5, 0.6) is 0 Å². The maximum atomic E-state index is 14.1. The van der Waals surface area contributed by atoms with Crippen molar-refractivity contribution in [3.8, 4) is 11.4 Å². The summed E-state index contributed by atoms with van der Waals surface area (Å²) in [6, 6.07) is 21.5. The Kier molecular flexibility index (Phi) is 6.22. The van der Waals surface area contributed by atoms with Crippen LogP contribution < -0.4 is 5.32 Å². The average molecular weight is 492 g/mol. The SMILES string of the molecule is O=C(CCCc1c(-c2ccc3ccccc3n2)[nH]c2ccc(F)cc12)Nc1cc(Cl)cc(Cl)c1. The third kappa shape index (κ3) is 4.76. The second kappa shape index (κ2) is 9.45. The van der Waals surface area contributed by atoms with E-state index in [2.05, 4.69) is 10.3 Å². The second-order valence-electron chi connectivity index (χ2n) is 8.12. The Morgan fingerprint density at radius 2 is 1.76 bits per heavy atom. The fourth-order valence-electron chi connectivity index (χ4n) is 4.18. The Labute approximate surface area is 205 Å². The average Bonchev–Trinajstić information content (AvgIpc) is 3.15. The maximum Gasteiger partial charge on any atom is 0.224 e. The monoisotopic (exact) mass is 491 g/mol. The molecular formula is C27H20Cl2FN3O. The highest BCUT2D eigenvalue weighted by molar-refractivity contribution is 6.35. The number of rotatable bonds is 6. The van der Waals surface area contributed by atoms with Gasteiger partial charge in [-0.1, -0.05) is 47.5 Å². The molecule has 0 aliphatic carbocycles. The van der Waals surface area contributed by atoms with Crippen molar-refractivity contribution in [2.24, 2.45) is 0 Å². The lowest BCUT2D eigenvalue weighted by molar-refractivity contribution is -0.116. The summed E-state index contributed by atoms with van der Waals surface area (Å²) in [4.78, 5) is 20.7. The van der Waals surface area contributed by atoms with Gasteiger partial charge in [-0.2, -0.15) is 0 Å². The minimum Gasteiger partial charge on any atom is -0.353 e. The Balaban J connectivity index is 1.40. The molecule has 5 rings (SSSR count). The first-order valence-corrected chi connectivity index (χ1v) is 11.6. The number of hydrogen-bond donors (Lipinski definition) is 2. The minimum absolute atomic E-state index is 0.144. The largest absolute Gasteiger partial charge is 0.353 e. The molecule has 170 valence electrons. The molecule has 0 saturated heterocycles. The van der Waals surface area contributed by atoms with Crippen LogP contribution in [-0.2, 0) is 11.2 Å². The van der Waals surface area contributed by atoms with E-state index in [0.29, 0.717) is 28.6 Å². The van der Waals surface area contributed by atoms with Gasteiger partial charge in [0.15, 0.2) is 0 Å². The molecule has 3 aromatic carbocycles. The highest BCUT2D eigenvalue weighted by Gasteiger charge is 2.16. The summed E-state index contributed by atoms with van der Waals surface area (Å²) in [5, 5.41) is 5.58. The number of aromatic nitrogens is 2. The van der Waals surface area contributed by atoms with Crippen molar-refractivity contribution in [3.63, 3.8) is 0 Å². The van der Waals surface area contributed by atoms with Crippen LogP contribution in [0.1, 0.15) is 18.4 Å². The Morgan fingerprint density at radius 3 is 2.59 bits per heavy atom. The van der Waals surface area contributed by atoms with E-state index in [-0.39, 0.29) is 18.1 Å². The van der Waals surface area contributed by atoms with E-state index in [4.69, 9.17) is 28.2 Å². The molecule has 7 heteroatoms. The second-order valence-corrected chi connectivity index (χ2v) is 8.99. The van der Waals surface area contributed by atoms with E-state index in [9.17, 15) is 9.18 Å². The van der Waals surface area contributed by atoms with Crippen molar-refractivity contribution < 1.29 is 9.18 Å². The van der Waals surface area contributed by atoms with Gasteiger partial charge in [0.1, 0.15) is 5.82 Å². The third-order valence-electron chi connectivity index (χ3n) is 5.70. The molecule has 4 nitrogen and oxygen atoms in total. The Bertz CT molecular complexity index is 1510. The molecule has 0 bridgehead atoms. The lowest BCUT2D eigenvalue weighted by Gasteiger charge is -2.08. The lowest BCUT2D eigenvalue weighted by Crippen LogP contribution is -2.11. The molecule has 0 aliphatic heterocycles. The summed E-state index contributed by atoms with van der Waals surface area (Å²) in [6.07, 6.45) is 1.44. The number of carbonyl (C=O) groups is 1. The van der Waals surface area contributed by atoms with Gasteiger partial charge in [0.25, 0.3) is 0 Å². The predicted molar refractivity (Wildman–Crippen MR) is 137 cm³/mol. The number of pyridine rings is 1. The van der Waals surface area contributed by atoms with Crippen LogP contribution in [0, 0.1) is 5.82 Å². The van der Waals surface area contributed by atoms with Crippen LogP contribution >= 0.6 is 23.2 Å². The smallest absolute Gasteiger partial charge is 0.224 e. The molecule has 0 radical (unpaired) electrons. The quantitative estimate of drug-likeness (QED) is 0.254. The third-order valence-corrected chi connectivity index (χ3v) is 6.14. The summed E-state index contributed by atoms with van der Waals surface area (Å²) < 4.78 is 14.1. The van der Waals surface area contributed by atoms with Gasteiger partial charge in [0.2, 0.25) is 5.91 Å². The van der Waals surface area contributed by atoms with Crippen LogP contribution in [0.25, 0.3) is 33.2 Å². The number of H-pyrrole nitrogens is 1. The van der Waals surface area contributed by atoms with Gasteiger partial charge in [-0.15, -0.1) is 0 Å². The number of para-hydroxylation sites is 1. The molecule has 2 aromatic heterocycles. The van der Waals surface area contributed by atoms with Crippen molar-refractivity contribution >= 4 is 56.6 Å². The zero-order chi connectivity index (χ0) is 23.7. The van der Waals surface area contributed by atoms with E-state index in [1.165, 1.54) is 12.1 Å². The molecule has 34 heavy (non-hydrogen) atoms. The number of benzene rings is 3. The molecule has 5 aromatic rings. The van der Waals surface area contributed by atoms with Gasteiger partial charge in [0.05, 0.1) is 16.9 Å². The number of hydrogen-bond acceptors (Lipinski definition) is 2. The van der Waals surface area contributed by atoms with E-state index < -0.39 is 0 Å². The first-order chi connectivity index (χ1) is 16.5. The van der Waals surface area contributed by atoms with Crippen LogP contribution in [0.4, 0.5) is 10.1 Å². The number of carbonyl (C=O) groups excluding carboxylic acids is 1. The van der Waals surface area contributed by atoms with E-state index in [1.54, 1.807) is 24.3 Å². The minimum atomic E-state index is -0.304. The molecule has 0 fully saturated rings. The van der Waals surface area contributed by atoms with Crippen molar-refractivity contribution in [1.29, 1.82) is 0 Å². The molecule has 0 saturated carbocycles. The standard InChI is InChI=1S/C27H20Cl2FN3O/c28-17-12-18(29)14-20(13-17)31-26(34)7-3-5-21-22-15-19(30)9-11-24(22)33-27(21)25-10-8-16-4-1-2-6-23(16)32-25/h1-2,4,6,8-15,33H,3,5,7H2,(H,31,34). The van der Waals surface area contributed by atoms with Gasteiger partial charge in [-0.05, 0) is 66.9 Å². The van der Waals surface area contributed by atoms with Crippen molar-refractivity contribution in [3.05, 3.63) is 94.2 Å². The number of amides is 1. The summed E-state index contributed by atoms with van der Waals surface area (Å²) in [5.41, 5.74) is 4.83. The van der Waals surface area contributed by atoms with E-state index >= 15 is 0 Å². The molecule has 2 N–H and O–H groups in total. The van der Waals surface area contributed by atoms with E-state index in [1.807, 2.05) is 36.4 Å². The predicted octanol–water partition coefficient (Wildman–Crippen LogP) is 7.79. The molecule has 0 unspecified atom stereocenters. The Hall–Kier alpha value is -3.41. The number of aryl methyl sites for hydroxylation is 1. The molecule has 1 amide bonds. The van der Waals surface area contributed by atoms with Crippen molar-refractivity contribution in [1.82, 2.24) is 9.97 Å². The lowest BCUT2D eigenvalue weighted by atomic mass is 10.0. The first-order valence-electron chi connectivity index (χ1n) is 10.9. The Morgan fingerprint density at radius 1 is 0.971 bits per heavy atom. The van der Waals surface area contributed by atoms with Crippen LogP contribution in [-0.4, -0.2) is 15.9 Å². The zero-order valence-corrected chi connectivity index (χ0v) is 19.6. The van der Waals surface area contributed by atoms with Gasteiger partial charge in [-0.3, -0.25) is 4.79 Å². The number of anilines is 1. The summed E-state index contributed by atoms with van der Waals surface area (Å²) in [7, 11) is 0. The highest BCUT2D eigenvalue weighted by atomic mass is 35.5. The fourth-order valence-corrected chi connectivity index (χ4v) is 4.70. The van der Waals surface area contributed by atoms with Gasteiger partial charge < -0.3 is 10.3 Å². The first kappa shape index (κ1) is 22.4. The zero-order valence-electron chi connectivity index (χ0n) is 18.0. The molecular weight excluding hydrogens is 472 g/mol. The maximum absolute atomic E-state index is 14.1. The topological polar surface area (TPSA) is 57.8 Å².